The molecule has 3 aliphatic rings. The molecule has 10 heteroatoms. The first kappa shape index (κ1) is 27.3. The molecule has 8 nitrogen and oxygen atoms in total. The van der Waals surface area contributed by atoms with Crippen LogP contribution in [-0.4, -0.2) is 39.6 Å². The molecule has 0 bridgehead atoms. The van der Waals surface area contributed by atoms with Gasteiger partial charge >= 0.3 is 0 Å². The first-order valence-electron chi connectivity index (χ1n) is 13.5. The Morgan fingerprint density at radius 3 is 2.59 bits per heavy atom. The second kappa shape index (κ2) is 11.8. The van der Waals surface area contributed by atoms with Crippen molar-refractivity contribution in [2.45, 2.75) is 65.5 Å². The Kier molecular flexibility index (Phi) is 8.29. The van der Waals surface area contributed by atoms with E-state index in [2.05, 4.69) is 17.9 Å². The lowest BCUT2D eigenvalue weighted by molar-refractivity contribution is -0.122. The Balaban J connectivity index is 1.56. The van der Waals surface area contributed by atoms with E-state index >= 15 is 0 Å². The predicted octanol–water partition coefficient (Wildman–Crippen LogP) is 5.34. The van der Waals surface area contributed by atoms with Crippen molar-refractivity contribution in [1.82, 2.24) is 9.47 Å². The number of pyridine rings is 1. The van der Waals surface area contributed by atoms with Crippen molar-refractivity contribution in [3.63, 3.8) is 0 Å². The van der Waals surface area contributed by atoms with Crippen LogP contribution in [0.3, 0.4) is 0 Å². The maximum atomic E-state index is 13.6. The van der Waals surface area contributed by atoms with Crippen LogP contribution in [0.5, 0.6) is 11.5 Å². The minimum atomic E-state index is -0.254. The van der Waals surface area contributed by atoms with Crippen LogP contribution in [0.4, 0.5) is 5.82 Å². The molecule has 0 radical (unpaired) electrons. The number of nitrogens with zero attached hydrogens (tertiary/aromatic N) is 4. The Bertz CT molecular complexity index is 1430. The third-order valence-electron chi connectivity index (χ3n) is 7.41. The van der Waals surface area contributed by atoms with Crippen molar-refractivity contribution in [2.75, 3.05) is 24.8 Å². The Morgan fingerprint density at radius 1 is 1.13 bits per heavy atom. The van der Waals surface area contributed by atoms with Gasteiger partial charge in [-0.15, -0.1) is 0 Å². The van der Waals surface area contributed by atoms with Crippen LogP contribution in [0.1, 0.15) is 67.7 Å². The van der Waals surface area contributed by atoms with Crippen molar-refractivity contribution in [2.24, 2.45) is 0 Å². The van der Waals surface area contributed by atoms with Gasteiger partial charge in [0.05, 0.1) is 11.4 Å². The van der Waals surface area contributed by atoms with Crippen LogP contribution >= 0.6 is 24.0 Å². The van der Waals surface area contributed by atoms with Crippen molar-refractivity contribution in [3.8, 4) is 17.6 Å². The van der Waals surface area contributed by atoms with Gasteiger partial charge in [0.2, 0.25) is 6.79 Å². The first-order valence-corrected chi connectivity index (χ1v) is 14.7. The minimum absolute atomic E-state index is 0.131. The number of thioether (sulfide) groups is 1. The summed E-state index contributed by atoms with van der Waals surface area (Å²) in [7, 11) is 0. The quantitative estimate of drug-likeness (QED) is 0.329. The molecule has 1 amide bonds. The van der Waals surface area contributed by atoms with Crippen LogP contribution in [-0.2, 0) is 17.9 Å². The molecular weight excluding hydrogens is 532 g/mol. The lowest BCUT2D eigenvalue weighted by Gasteiger charge is -2.29. The van der Waals surface area contributed by atoms with E-state index in [9.17, 15) is 14.9 Å². The third-order valence-corrected chi connectivity index (χ3v) is 8.79. The summed E-state index contributed by atoms with van der Waals surface area (Å²) in [4.78, 5) is 31.5. The number of amides is 1. The number of rotatable bonds is 7. The monoisotopic (exact) mass is 564 g/mol. The molecular formula is C29H32N4O4S2. The van der Waals surface area contributed by atoms with Gasteiger partial charge in [-0.2, -0.15) is 5.26 Å². The summed E-state index contributed by atoms with van der Waals surface area (Å²) in [5, 5.41) is 9.93. The fraction of sp³-hybridized carbons (Fsp3) is 0.448. The maximum Gasteiger partial charge on any atom is 0.270 e. The van der Waals surface area contributed by atoms with Gasteiger partial charge in [-0.1, -0.05) is 56.2 Å². The van der Waals surface area contributed by atoms with Gasteiger partial charge in [0.1, 0.15) is 21.8 Å². The highest BCUT2D eigenvalue weighted by molar-refractivity contribution is 8.26. The summed E-state index contributed by atoms with van der Waals surface area (Å²) >= 11 is 6.88. The van der Waals surface area contributed by atoms with Gasteiger partial charge in [0.15, 0.2) is 11.5 Å². The molecule has 2 saturated heterocycles. The molecule has 0 N–H and O–H groups in total. The van der Waals surface area contributed by atoms with Gasteiger partial charge in [-0.3, -0.25) is 19.1 Å². The number of ether oxygens (including phenoxy) is 2. The van der Waals surface area contributed by atoms with Crippen molar-refractivity contribution < 1.29 is 14.3 Å². The average molecular weight is 565 g/mol. The lowest BCUT2D eigenvalue weighted by Crippen LogP contribution is -2.35. The summed E-state index contributed by atoms with van der Waals surface area (Å²) in [6, 6.07) is 7.75. The molecule has 1 aromatic carbocycles. The Labute approximate surface area is 238 Å². The molecule has 0 atom stereocenters. The van der Waals surface area contributed by atoms with E-state index in [4.69, 9.17) is 21.7 Å². The molecule has 3 aliphatic heterocycles. The van der Waals surface area contributed by atoms with E-state index in [1.807, 2.05) is 31.2 Å². The van der Waals surface area contributed by atoms with Crippen LogP contribution in [0.2, 0.25) is 0 Å². The normalized spacial score (nSPS) is 18.1. The molecule has 0 aliphatic carbocycles. The highest BCUT2D eigenvalue weighted by Gasteiger charge is 2.34. The maximum absolute atomic E-state index is 13.6. The summed E-state index contributed by atoms with van der Waals surface area (Å²) in [6.45, 7) is 6.60. The number of benzene rings is 1. The molecule has 0 spiro atoms. The molecule has 1 aromatic heterocycles. The SMILES string of the molecule is CCCCn1c(N2CCCCCC2)c(/C=C2\SC(=S)N(Cc3ccc4c(c3)OCO4)C2=O)c(C)c(C#N)c1=O. The topological polar surface area (TPSA) is 87.8 Å². The number of hydrogen-bond acceptors (Lipinski definition) is 8. The molecule has 0 unspecified atom stereocenters. The number of thiocarbonyl (C=S) groups is 1. The second-order valence-electron chi connectivity index (χ2n) is 10.0. The standard InChI is InChI=1S/C29H32N4O4S2/c1-3-4-13-32-26(31-11-7-5-6-8-12-31)21(19(2)22(16-30)27(32)34)15-25-28(35)33(29(38)39-25)17-20-9-10-23-24(14-20)37-18-36-23/h9-10,14-15H,3-8,11-13,17-18H2,1-2H3/b25-15-. The molecule has 39 heavy (non-hydrogen) atoms. The number of fused-ring (bicyclic) bond motifs is 1. The van der Waals surface area contributed by atoms with E-state index in [0.717, 1.165) is 68.6 Å². The molecule has 204 valence electrons. The second-order valence-corrected chi connectivity index (χ2v) is 11.7. The van der Waals surface area contributed by atoms with Crippen LogP contribution in [0, 0.1) is 18.3 Å². The van der Waals surface area contributed by atoms with Crippen molar-refractivity contribution >= 4 is 46.1 Å². The molecule has 2 fully saturated rings. The number of aromatic nitrogens is 1. The molecule has 5 rings (SSSR count). The number of carbonyl (C=O) groups excluding carboxylic acids is 1. The van der Waals surface area contributed by atoms with E-state index in [1.54, 1.807) is 9.47 Å². The summed E-state index contributed by atoms with van der Waals surface area (Å²) < 4.78 is 13.1. The van der Waals surface area contributed by atoms with Gasteiger partial charge < -0.3 is 14.4 Å². The van der Waals surface area contributed by atoms with Crippen molar-refractivity contribution in [3.05, 3.63) is 55.7 Å². The summed E-state index contributed by atoms with van der Waals surface area (Å²) in [5.41, 5.74) is 2.13. The van der Waals surface area contributed by atoms with Gasteiger partial charge in [0, 0.05) is 25.2 Å². The zero-order chi connectivity index (χ0) is 27.5. The fourth-order valence-corrected chi connectivity index (χ4v) is 6.52. The van der Waals surface area contributed by atoms with Gasteiger partial charge in [-0.05, 0) is 55.5 Å². The van der Waals surface area contributed by atoms with E-state index in [-0.39, 0.29) is 23.8 Å². The number of carbonyl (C=O) groups is 1. The lowest BCUT2D eigenvalue weighted by atomic mass is 10.0. The number of unbranched alkanes of at least 4 members (excludes halogenated alkanes) is 1. The van der Waals surface area contributed by atoms with E-state index in [1.165, 1.54) is 11.8 Å². The Morgan fingerprint density at radius 2 is 1.87 bits per heavy atom. The minimum Gasteiger partial charge on any atom is -0.454 e. The van der Waals surface area contributed by atoms with E-state index in [0.29, 0.717) is 39.4 Å². The highest BCUT2D eigenvalue weighted by atomic mass is 32.2. The highest BCUT2D eigenvalue weighted by Crippen LogP contribution is 2.38. The van der Waals surface area contributed by atoms with Gasteiger partial charge in [0.25, 0.3) is 11.5 Å². The van der Waals surface area contributed by atoms with Crippen LogP contribution in [0.15, 0.2) is 27.9 Å². The molecule has 4 heterocycles. The largest absolute Gasteiger partial charge is 0.454 e. The smallest absolute Gasteiger partial charge is 0.270 e. The van der Waals surface area contributed by atoms with Gasteiger partial charge in [-0.25, -0.2) is 0 Å². The van der Waals surface area contributed by atoms with Crippen LogP contribution in [0.25, 0.3) is 6.08 Å². The zero-order valence-corrected chi connectivity index (χ0v) is 24.0. The Hall–Kier alpha value is -3.29. The predicted molar refractivity (Wildman–Crippen MR) is 157 cm³/mol. The van der Waals surface area contributed by atoms with Crippen molar-refractivity contribution in [1.29, 1.82) is 5.26 Å². The zero-order valence-electron chi connectivity index (χ0n) is 22.3. The van der Waals surface area contributed by atoms with E-state index < -0.39 is 0 Å². The van der Waals surface area contributed by atoms with Crippen LogP contribution < -0.4 is 19.9 Å². The first-order chi connectivity index (χ1) is 18.9. The molecule has 2 aromatic rings. The molecule has 0 saturated carbocycles. The summed E-state index contributed by atoms with van der Waals surface area (Å²) in [5.74, 6) is 1.97. The average Bonchev–Trinajstić information content (AvgIpc) is 3.37. The summed E-state index contributed by atoms with van der Waals surface area (Å²) in [6.07, 6.45) is 7.98. The number of nitriles is 1. The number of anilines is 1. The number of hydrogen-bond donors (Lipinski definition) is 0. The fourth-order valence-electron chi connectivity index (χ4n) is 5.28. The third kappa shape index (κ3) is 5.43.